The molecular weight excluding hydrogens is 232 g/mol. The van der Waals surface area contributed by atoms with Crippen LogP contribution in [0.2, 0.25) is 0 Å². The van der Waals surface area contributed by atoms with Crippen LogP contribution in [0.25, 0.3) is 0 Å². The standard InChI is InChI=1S/C14H28ClN2/c1-4-6-7-9-14(8-5-2)12-17(15)11-10-16(3)13-17/h10-11,14H,4-9,12-13H2,1-3H3/q+1. The second-order valence-electron chi connectivity index (χ2n) is 5.46. The number of hydrogen-bond donors (Lipinski definition) is 0. The Morgan fingerprint density at radius 1 is 1.24 bits per heavy atom. The molecule has 0 fully saturated rings. The summed E-state index contributed by atoms with van der Waals surface area (Å²) in [6, 6.07) is 0. The Hall–Kier alpha value is -0.210. The van der Waals surface area contributed by atoms with Gasteiger partial charge in [0.15, 0.2) is 18.4 Å². The molecule has 0 amide bonds. The number of quaternary nitrogens is 1. The van der Waals surface area contributed by atoms with Crippen molar-refractivity contribution in [1.82, 2.24) is 4.90 Å². The Labute approximate surface area is 112 Å². The summed E-state index contributed by atoms with van der Waals surface area (Å²) in [5.74, 6) is 0.778. The van der Waals surface area contributed by atoms with Crippen LogP contribution in [0.3, 0.4) is 0 Å². The fraction of sp³-hybridized carbons (Fsp3) is 0.857. The molecular formula is C14H28ClN2+. The Kier molecular flexibility index (Phi) is 6.35. The van der Waals surface area contributed by atoms with Crippen molar-refractivity contribution in [2.75, 3.05) is 20.3 Å². The summed E-state index contributed by atoms with van der Waals surface area (Å²) in [5.41, 5.74) is 0. The fourth-order valence-corrected chi connectivity index (χ4v) is 3.08. The van der Waals surface area contributed by atoms with Crippen LogP contribution >= 0.6 is 11.8 Å². The van der Waals surface area contributed by atoms with Crippen LogP contribution in [0.1, 0.15) is 52.4 Å². The van der Waals surface area contributed by atoms with Crippen molar-refractivity contribution in [2.45, 2.75) is 52.4 Å². The average molecular weight is 260 g/mol. The van der Waals surface area contributed by atoms with Gasteiger partial charge in [-0.05, 0) is 12.8 Å². The highest BCUT2D eigenvalue weighted by molar-refractivity contribution is 6.07. The predicted octanol–water partition coefficient (Wildman–Crippen LogP) is 4.33. The second-order valence-corrected chi connectivity index (χ2v) is 6.13. The molecule has 100 valence electrons. The molecule has 0 spiro atoms. The van der Waals surface area contributed by atoms with E-state index in [1.165, 1.54) is 38.5 Å². The molecule has 3 heteroatoms. The normalized spacial score (nSPS) is 25.5. The summed E-state index contributed by atoms with van der Waals surface area (Å²) < 4.78 is 0.577. The lowest BCUT2D eigenvalue weighted by atomic mass is 9.96. The first-order valence-electron chi connectivity index (χ1n) is 7.05. The van der Waals surface area contributed by atoms with Crippen molar-refractivity contribution < 1.29 is 4.00 Å². The lowest BCUT2D eigenvalue weighted by Crippen LogP contribution is -2.39. The summed E-state index contributed by atoms with van der Waals surface area (Å²) in [6.07, 6.45) is 12.2. The van der Waals surface area contributed by atoms with Gasteiger partial charge >= 0.3 is 0 Å². The summed E-state index contributed by atoms with van der Waals surface area (Å²) in [6.45, 7) is 6.54. The minimum atomic E-state index is 0.577. The van der Waals surface area contributed by atoms with Crippen LogP contribution in [-0.4, -0.2) is 29.2 Å². The molecule has 0 saturated heterocycles. The molecule has 2 nitrogen and oxygen atoms in total. The molecule has 0 aliphatic carbocycles. The number of nitrogens with zero attached hydrogens (tertiary/aromatic N) is 2. The van der Waals surface area contributed by atoms with E-state index in [1.807, 2.05) is 0 Å². The SMILES string of the molecule is CCCCCC(CCC)C[N+]1(Cl)C=CN(C)C1. The summed E-state index contributed by atoms with van der Waals surface area (Å²) in [4.78, 5) is 2.17. The zero-order valence-corrected chi connectivity index (χ0v) is 12.4. The van der Waals surface area contributed by atoms with Crippen LogP contribution < -0.4 is 0 Å². The number of hydrogen-bond acceptors (Lipinski definition) is 1. The maximum Gasteiger partial charge on any atom is 0.175 e. The lowest BCUT2D eigenvalue weighted by molar-refractivity contribution is -0.767. The highest BCUT2D eigenvalue weighted by Crippen LogP contribution is 2.27. The molecule has 0 aromatic rings. The van der Waals surface area contributed by atoms with Crippen LogP contribution in [-0.2, 0) is 0 Å². The van der Waals surface area contributed by atoms with Crippen LogP contribution in [0, 0.1) is 5.92 Å². The zero-order chi connectivity index (χ0) is 12.7. The van der Waals surface area contributed by atoms with E-state index in [-0.39, 0.29) is 0 Å². The molecule has 17 heavy (non-hydrogen) atoms. The summed E-state index contributed by atoms with van der Waals surface area (Å²) in [5, 5.41) is 0. The Bertz CT molecular complexity index is 242. The van der Waals surface area contributed by atoms with Crippen molar-refractivity contribution in [3.05, 3.63) is 12.4 Å². The average Bonchev–Trinajstić information content (AvgIpc) is 2.59. The molecule has 0 aromatic heterocycles. The third kappa shape index (κ3) is 5.31. The largest absolute Gasteiger partial charge is 0.328 e. The van der Waals surface area contributed by atoms with Crippen molar-refractivity contribution in [1.29, 1.82) is 0 Å². The minimum absolute atomic E-state index is 0.577. The molecule has 0 radical (unpaired) electrons. The molecule has 2 unspecified atom stereocenters. The molecule has 1 aliphatic rings. The maximum absolute atomic E-state index is 6.62. The number of halogens is 1. The highest BCUT2D eigenvalue weighted by Gasteiger charge is 2.32. The first-order valence-corrected chi connectivity index (χ1v) is 7.39. The van der Waals surface area contributed by atoms with Crippen molar-refractivity contribution in [3.63, 3.8) is 0 Å². The summed E-state index contributed by atoms with van der Waals surface area (Å²) in [7, 11) is 2.09. The van der Waals surface area contributed by atoms with Gasteiger partial charge in [0.05, 0.1) is 6.20 Å². The van der Waals surface area contributed by atoms with Gasteiger partial charge in [0.2, 0.25) is 0 Å². The maximum atomic E-state index is 6.62. The van der Waals surface area contributed by atoms with Crippen LogP contribution in [0.4, 0.5) is 0 Å². The molecule has 0 bridgehead atoms. The lowest BCUT2D eigenvalue weighted by Gasteiger charge is -2.27. The molecule has 0 saturated carbocycles. The Balaban J connectivity index is 2.40. The van der Waals surface area contributed by atoms with Gasteiger partial charge in [-0.3, -0.25) is 0 Å². The first kappa shape index (κ1) is 14.8. The monoisotopic (exact) mass is 259 g/mol. The van der Waals surface area contributed by atoms with E-state index in [0.717, 1.165) is 19.1 Å². The smallest absolute Gasteiger partial charge is 0.175 e. The molecule has 0 aromatic carbocycles. The first-order chi connectivity index (χ1) is 8.09. The van der Waals surface area contributed by atoms with Gasteiger partial charge in [-0.2, -0.15) is 4.00 Å². The quantitative estimate of drug-likeness (QED) is 0.463. The Morgan fingerprint density at radius 3 is 2.53 bits per heavy atom. The van der Waals surface area contributed by atoms with Gasteiger partial charge in [-0.15, -0.1) is 0 Å². The highest BCUT2D eigenvalue weighted by atomic mass is 35.5. The van der Waals surface area contributed by atoms with E-state index in [0.29, 0.717) is 4.00 Å². The molecule has 1 aliphatic heterocycles. The van der Waals surface area contributed by atoms with Crippen molar-refractivity contribution in [2.24, 2.45) is 5.92 Å². The molecule has 1 rings (SSSR count). The van der Waals surface area contributed by atoms with Crippen molar-refractivity contribution >= 4 is 11.8 Å². The molecule has 1 heterocycles. The third-order valence-corrected chi connectivity index (χ3v) is 3.88. The van der Waals surface area contributed by atoms with E-state index >= 15 is 0 Å². The number of rotatable bonds is 8. The van der Waals surface area contributed by atoms with E-state index in [1.54, 1.807) is 0 Å². The van der Waals surface area contributed by atoms with E-state index < -0.39 is 0 Å². The van der Waals surface area contributed by atoms with Crippen molar-refractivity contribution in [3.8, 4) is 0 Å². The van der Waals surface area contributed by atoms with Gasteiger partial charge in [0, 0.05) is 13.0 Å². The van der Waals surface area contributed by atoms with Crippen LogP contribution in [0.5, 0.6) is 0 Å². The zero-order valence-electron chi connectivity index (χ0n) is 11.7. The van der Waals surface area contributed by atoms with Gasteiger partial charge in [0.1, 0.15) is 12.7 Å². The van der Waals surface area contributed by atoms with Gasteiger partial charge < -0.3 is 4.90 Å². The van der Waals surface area contributed by atoms with Gasteiger partial charge in [-0.1, -0.05) is 39.5 Å². The minimum Gasteiger partial charge on any atom is -0.328 e. The topological polar surface area (TPSA) is 3.24 Å². The third-order valence-electron chi connectivity index (χ3n) is 3.52. The second kappa shape index (κ2) is 7.27. The van der Waals surface area contributed by atoms with E-state index in [9.17, 15) is 0 Å². The summed E-state index contributed by atoms with van der Waals surface area (Å²) >= 11 is 6.62. The van der Waals surface area contributed by atoms with Crippen LogP contribution in [0.15, 0.2) is 12.4 Å². The van der Waals surface area contributed by atoms with Gasteiger partial charge in [-0.25, -0.2) is 0 Å². The molecule has 0 N–H and O–H groups in total. The Morgan fingerprint density at radius 2 is 2.00 bits per heavy atom. The predicted molar refractivity (Wildman–Crippen MR) is 75.3 cm³/mol. The van der Waals surface area contributed by atoms with Gasteiger partial charge in [0.25, 0.3) is 0 Å². The molecule has 2 atom stereocenters. The fourth-order valence-electron chi connectivity index (χ4n) is 2.66. The number of unbranched alkanes of at least 4 members (excludes halogenated alkanes) is 2. The van der Waals surface area contributed by atoms with E-state index in [4.69, 9.17) is 11.8 Å². The van der Waals surface area contributed by atoms with E-state index in [2.05, 4.69) is 38.2 Å².